The van der Waals surface area contributed by atoms with Crippen LogP contribution in [0.15, 0.2) is 18.2 Å². The number of nitrogens with zero attached hydrogens (tertiary/aromatic N) is 1. The van der Waals surface area contributed by atoms with Crippen LogP contribution in [0.5, 0.6) is 0 Å². The van der Waals surface area contributed by atoms with Crippen LogP contribution >= 0.6 is 0 Å². The fourth-order valence-electron chi connectivity index (χ4n) is 2.29. The fraction of sp³-hybridized carbons (Fsp3) is 0.562. The smallest absolute Gasteiger partial charge is 0.319 e. The number of carbonyl (C=O) groups excluding carboxylic acids is 1. The van der Waals surface area contributed by atoms with Gasteiger partial charge in [0.25, 0.3) is 0 Å². The van der Waals surface area contributed by atoms with Gasteiger partial charge in [0.1, 0.15) is 0 Å². The van der Waals surface area contributed by atoms with Crippen molar-refractivity contribution in [2.24, 2.45) is 5.41 Å². The van der Waals surface area contributed by atoms with Gasteiger partial charge in [0.2, 0.25) is 0 Å². The van der Waals surface area contributed by atoms with Crippen LogP contribution in [0, 0.1) is 5.41 Å². The predicted molar refractivity (Wildman–Crippen MR) is 85.9 cm³/mol. The zero-order chi connectivity index (χ0) is 15.6. The topological polar surface area (TPSA) is 64.6 Å². The summed E-state index contributed by atoms with van der Waals surface area (Å²) in [6.45, 7) is 7.07. The molecule has 1 atom stereocenters. The van der Waals surface area contributed by atoms with E-state index in [2.05, 4.69) is 28.6 Å². The van der Waals surface area contributed by atoms with Crippen molar-refractivity contribution in [1.29, 1.82) is 0 Å². The van der Waals surface area contributed by atoms with E-state index < -0.39 is 6.10 Å². The maximum Gasteiger partial charge on any atom is 0.319 e. The number of fused-ring (bicyclic) bond motifs is 1. The molecule has 1 aliphatic heterocycles. The molecule has 21 heavy (non-hydrogen) atoms. The van der Waals surface area contributed by atoms with Crippen molar-refractivity contribution < 1.29 is 9.90 Å². The summed E-state index contributed by atoms with van der Waals surface area (Å²) in [6, 6.07) is 5.66. The van der Waals surface area contributed by atoms with Gasteiger partial charge in [-0.05, 0) is 29.5 Å². The van der Waals surface area contributed by atoms with Crippen LogP contribution in [0.3, 0.4) is 0 Å². The maximum atomic E-state index is 11.9. The van der Waals surface area contributed by atoms with E-state index in [1.165, 1.54) is 11.3 Å². The van der Waals surface area contributed by atoms with Gasteiger partial charge in [0.05, 0.1) is 6.10 Å². The van der Waals surface area contributed by atoms with Gasteiger partial charge in [-0.2, -0.15) is 0 Å². The number of aliphatic hydroxyl groups is 1. The van der Waals surface area contributed by atoms with Gasteiger partial charge in [0, 0.05) is 31.5 Å². The van der Waals surface area contributed by atoms with Crippen molar-refractivity contribution in [1.82, 2.24) is 5.32 Å². The molecule has 1 unspecified atom stereocenters. The number of aliphatic hydroxyl groups excluding tert-OH is 1. The van der Waals surface area contributed by atoms with E-state index in [9.17, 15) is 9.90 Å². The second-order valence-corrected chi connectivity index (χ2v) is 6.73. The average molecular weight is 291 g/mol. The summed E-state index contributed by atoms with van der Waals surface area (Å²) < 4.78 is 0. The third-order valence-electron chi connectivity index (χ3n) is 3.93. The summed E-state index contributed by atoms with van der Waals surface area (Å²) in [5.74, 6) is 0. The number of likely N-dealkylation sites (N-methyl/N-ethyl adjacent to an activating group) is 1. The molecule has 1 aromatic rings. The van der Waals surface area contributed by atoms with Gasteiger partial charge in [-0.25, -0.2) is 4.79 Å². The molecule has 1 heterocycles. The maximum absolute atomic E-state index is 11.9. The Labute approximate surface area is 126 Å². The lowest BCUT2D eigenvalue weighted by Crippen LogP contribution is -2.40. The van der Waals surface area contributed by atoms with E-state index in [4.69, 9.17) is 0 Å². The fourth-order valence-corrected chi connectivity index (χ4v) is 2.29. The van der Waals surface area contributed by atoms with Crippen molar-refractivity contribution >= 4 is 17.4 Å². The number of amides is 2. The molecule has 0 fully saturated rings. The molecule has 2 rings (SSSR count). The Balaban J connectivity index is 1.90. The normalized spacial score (nSPS) is 15.6. The van der Waals surface area contributed by atoms with Crippen LogP contribution in [0.2, 0.25) is 0 Å². The van der Waals surface area contributed by atoms with E-state index in [0.717, 1.165) is 18.7 Å². The number of hydrogen-bond donors (Lipinski definition) is 3. The average Bonchev–Trinajstić information content (AvgIpc) is 2.76. The zero-order valence-corrected chi connectivity index (χ0v) is 13.2. The second kappa shape index (κ2) is 5.93. The minimum Gasteiger partial charge on any atom is -0.391 e. The highest BCUT2D eigenvalue weighted by molar-refractivity contribution is 5.90. The van der Waals surface area contributed by atoms with Crippen molar-refractivity contribution in [3.05, 3.63) is 23.8 Å². The van der Waals surface area contributed by atoms with Crippen LogP contribution in [-0.4, -0.2) is 37.4 Å². The van der Waals surface area contributed by atoms with Gasteiger partial charge in [-0.1, -0.05) is 26.8 Å². The van der Waals surface area contributed by atoms with Crippen LogP contribution in [0.4, 0.5) is 16.2 Å². The Morgan fingerprint density at radius 3 is 2.81 bits per heavy atom. The molecule has 0 saturated carbocycles. The Morgan fingerprint density at radius 2 is 2.14 bits per heavy atom. The molecule has 0 aromatic heterocycles. The first-order valence-electron chi connectivity index (χ1n) is 7.34. The highest BCUT2D eigenvalue weighted by atomic mass is 16.3. The Hall–Kier alpha value is -1.75. The number of carbonyl (C=O) groups is 1. The minimum absolute atomic E-state index is 0.236. The number of benzene rings is 1. The van der Waals surface area contributed by atoms with Gasteiger partial charge in [0.15, 0.2) is 0 Å². The SMILES string of the molecule is CN1CCc2ccc(NC(=O)NCC(O)C(C)(C)C)cc21. The highest BCUT2D eigenvalue weighted by Crippen LogP contribution is 2.29. The molecule has 0 aliphatic carbocycles. The van der Waals surface area contributed by atoms with Crippen molar-refractivity contribution in [2.75, 3.05) is 30.4 Å². The van der Waals surface area contributed by atoms with Gasteiger partial charge < -0.3 is 20.6 Å². The lowest BCUT2D eigenvalue weighted by molar-refractivity contribution is 0.0654. The molecule has 0 bridgehead atoms. The Kier molecular flexibility index (Phi) is 4.42. The quantitative estimate of drug-likeness (QED) is 0.800. The first kappa shape index (κ1) is 15.6. The number of nitrogens with one attached hydrogen (secondary N) is 2. The molecule has 3 N–H and O–H groups in total. The molecular formula is C16H25N3O2. The van der Waals surface area contributed by atoms with E-state index in [1.54, 1.807) is 0 Å². The summed E-state index contributed by atoms with van der Waals surface area (Å²) in [6.07, 6.45) is 0.477. The molecule has 2 amide bonds. The van der Waals surface area contributed by atoms with Gasteiger partial charge in [-0.3, -0.25) is 0 Å². The number of hydrogen-bond acceptors (Lipinski definition) is 3. The van der Waals surface area contributed by atoms with E-state index in [0.29, 0.717) is 0 Å². The van der Waals surface area contributed by atoms with E-state index in [-0.39, 0.29) is 18.0 Å². The van der Waals surface area contributed by atoms with Crippen LogP contribution in [-0.2, 0) is 6.42 Å². The molecule has 1 aromatic carbocycles. The number of rotatable bonds is 3. The third kappa shape index (κ3) is 3.88. The molecule has 5 nitrogen and oxygen atoms in total. The first-order valence-corrected chi connectivity index (χ1v) is 7.34. The Bertz CT molecular complexity index is 523. The summed E-state index contributed by atoms with van der Waals surface area (Å²) in [5, 5.41) is 15.4. The lowest BCUT2D eigenvalue weighted by atomic mass is 9.89. The molecule has 116 valence electrons. The minimum atomic E-state index is -0.575. The number of anilines is 2. The zero-order valence-electron chi connectivity index (χ0n) is 13.2. The standard InChI is InChI=1S/C16H25N3O2/c1-16(2,3)14(20)10-17-15(21)18-12-6-5-11-7-8-19(4)13(11)9-12/h5-6,9,14,20H,7-8,10H2,1-4H3,(H2,17,18,21). The third-order valence-corrected chi connectivity index (χ3v) is 3.93. The number of urea groups is 1. The van der Waals surface area contributed by atoms with Crippen molar-refractivity contribution in [3.8, 4) is 0 Å². The second-order valence-electron chi connectivity index (χ2n) is 6.73. The van der Waals surface area contributed by atoms with Crippen LogP contribution in [0.25, 0.3) is 0 Å². The van der Waals surface area contributed by atoms with Crippen LogP contribution < -0.4 is 15.5 Å². The van der Waals surface area contributed by atoms with Crippen molar-refractivity contribution in [3.63, 3.8) is 0 Å². The summed E-state index contributed by atoms with van der Waals surface area (Å²) in [4.78, 5) is 14.1. The molecule has 0 saturated heterocycles. The van der Waals surface area contributed by atoms with Gasteiger partial charge in [-0.15, -0.1) is 0 Å². The van der Waals surface area contributed by atoms with E-state index in [1.807, 2.05) is 32.9 Å². The summed E-state index contributed by atoms with van der Waals surface area (Å²) in [7, 11) is 2.05. The molecule has 0 spiro atoms. The van der Waals surface area contributed by atoms with Gasteiger partial charge >= 0.3 is 6.03 Å². The largest absolute Gasteiger partial charge is 0.391 e. The Morgan fingerprint density at radius 1 is 1.43 bits per heavy atom. The summed E-state index contributed by atoms with van der Waals surface area (Å²) >= 11 is 0. The molecule has 5 heteroatoms. The summed E-state index contributed by atoms with van der Waals surface area (Å²) in [5.41, 5.74) is 3.00. The van der Waals surface area contributed by atoms with Crippen molar-refractivity contribution in [2.45, 2.75) is 33.3 Å². The molecule has 0 radical (unpaired) electrons. The molecule has 1 aliphatic rings. The predicted octanol–water partition coefficient (Wildman–Crippen LogP) is 2.21. The monoisotopic (exact) mass is 291 g/mol. The highest BCUT2D eigenvalue weighted by Gasteiger charge is 2.22. The first-order chi connectivity index (χ1) is 9.77. The van der Waals surface area contributed by atoms with Crippen LogP contribution in [0.1, 0.15) is 26.3 Å². The lowest BCUT2D eigenvalue weighted by Gasteiger charge is -2.25. The van der Waals surface area contributed by atoms with E-state index >= 15 is 0 Å². The molecular weight excluding hydrogens is 266 g/mol.